The van der Waals surface area contributed by atoms with E-state index in [9.17, 15) is 18.8 Å². The summed E-state index contributed by atoms with van der Waals surface area (Å²) in [6.45, 7) is 2.18. The molecule has 0 spiro atoms. The average molecular weight is 496 g/mol. The summed E-state index contributed by atoms with van der Waals surface area (Å²) in [5.74, 6) is -1.66. The Kier molecular flexibility index (Phi) is 7.69. The topological polar surface area (TPSA) is 103 Å². The molecule has 3 amide bonds. The fraction of sp³-hybridized carbons (Fsp3) is 0.200. The zero-order chi connectivity index (χ0) is 24.8. The lowest BCUT2D eigenvalue weighted by molar-refractivity contribution is -0.117. The molecular weight excluding hydrogens is 473 g/mol. The minimum Gasteiger partial charge on any atom is -0.325 e. The van der Waals surface area contributed by atoms with Crippen LogP contribution in [0.25, 0.3) is 0 Å². The Labute approximate surface area is 206 Å². The number of amides is 3. The monoisotopic (exact) mass is 495 g/mol. The summed E-state index contributed by atoms with van der Waals surface area (Å²) in [6, 6.07) is 12.9. The van der Waals surface area contributed by atoms with Gasteiger partial charge in [0.1, 0.15) is 11.6 Å². The Morgan fingerprint density at radius 1 is 0.914 bits per heavy atom. The van der Waals surface area contributed by atoms with E-state index >= 15 is 0 Å². The van der Waals surface area contributed by atoms with E-state index in [-0.39, 0.29) is 23.0 Å². The summed E-state index contributed by atoms with van der Waals surface area (Å²) in [5.41, 5.74) is 0.937. The quantitative estimate of drug-likeness (QED) is 0.450. The van der Waals surface area contributed by atoms with E-state index in [1.165, 1.54) is 18.3 Å². The van der Waals surface area contributed by atoms with E-state index in [0.717, 1.165) is 38.1 Å². The van der Waals surface area contributed by atoms with E-state index in [4.69, 9.17) is 11.6 Å². The van der Waals surface area contributed by atoms with Gasteiger partial charge in [-0.15, -0.1) is 0 Å². The lowest BCUT2D eigenvalue weighted by Gasteiger charge is -2.14. The molecule has 2 heterocycles. The maximum Gasteiger partial charge on any atom is 0.259 e. The van der Waals surface area contributed by atoms with Gasteiger partial charge < -0.3 is 16.0 Å². The van der Waals surface area contributed by atoms with Crippen LogP contribution in [0.5, 0.6) is 0 Å². The first-order valence-corrected chi connectivity index (χ1v) is 11.4. The van der Waals surface area contributed by atoms with Crippen LogP contribution < -0.4 is 16.0 Å². The largest absolute Gasteiger partial charge is 0.325 e. The Morgan fingerprint density at radius 2 is 1.66 bits per heavy atom. The van der Waals surface area contributed by atoms with Gasteiger partial charge >= 0.3 is 0 Å². The number of nitrogens with zero attached hydrogens (tertiary/aromatic N) is 2. The van der Waals surface area contributed by atoms with Gasteiger partial charge in [0.15, 0.2) is 0 Å². The van der Waals surface area contributed by atoms with Crippen LogP contribution in [0.4, 0.5) is 21.6 Å². The van der Waals surface area contributed by atoms with Crippen LogP contribution in [0.1, 0.15) is 33.6 Å². The van der Waals surface area contributed by atoms with Crippen molar-refractivity contribution in [3.63, 3.8) is 0 Å². The second-order valence-corrected chi connectivity index (χ2v) is 8.51. The van der Waals surface area contributed by atoms with E-state index < -0.39 is 17.6 Å². The number of nitrogens with one attached hydrogen (secondary N) is 3. The van der Waals surface area contributed by atoms with Gasteiger partial charge in [-0.25, -0.2) is 9.37 Å². The molecule has 3 N–H and O–H groups in total. The molecule has 10 heteroatoms. The molecule has 0 unspecified atom stereocenters. The van der Waals surface area contributed by atoms with Gasteiger partial charge in [0.2, 0.25) is 5.91 Å². The van der Waals surface area contributed by atoms with Crippen LogP contribution in [0.3, 0.4) is 0 Å². The molecule has 4 rings (SSSR count). The van der Waals surface area contributed by atoms with Gasteiger partial charge in [0.05, 0.1) is 22.8 Å². The molecule has 1 fully saturated rings. The number of halogens is 2. The number of anilines is 3. The molecule has 1 aliphatic rings. The molecule has 0 aliphatic carbocycles. The standard InChI is InChI=1S/C25H23ClFN5O3/c26-17-5-10-22(28-14-17)31-25(35)20-13-18(27)6-9-21(20)30-24(34)16-3-7-19(8-4-16)29-23(33)15-32-11-1-2-12-32/h3-10,13-14H,1-2,11-12,15H2,(H,29,33)(H,30,34)(H,28,31,35). The van der Waals surface area contributed by atoms with Crippen molar-refractivity contribution in [3.05, 3.63) is 82.8 Å². The van der Waals surface area contributed by atoms with Crippen LogP contribution in [0, 0.1) is 5.82 Å². The fourth-order valence-corrected chi connectivity index (χ4v) is 3.80. The third kappa shape index (κ3) is 6.62. The van der Waals surface area contributed by atoms with Gasteiger partial charge in [-0.1, -0.05) is 11.6 Å². The summed E-state index contributed by atoms with van der Waals surface area (Å²) in [6.07, 6.45) is 3.57. The molecule has 0 atom stereocenters. The van der Waals surface area contributed by atoms with E-state index in [1.54, 1.807) is 30.3 Å². The number of benzene rings is 2. The number of hydrogen-bond acceptors (Lipinski definition) is 5. The van der Waals surface area contributed by atoms with Crippen LogP contribution in [-0.4, -0.2) is 47.2 Å². The number of carbonyl (C=O) groups is 3. The van der Waals surface area contributed by atoms with Crippen LogP contribution in [0.15, 0.2) is 60.8 Å². The normalized spacial score (nSPS) is 13.3. The summed E-state index contributed by atoms with van der Waals surface area (Å²) in [7, 11) is 0. The Morgan fingerprint density at radius 3 is 2.34 bits per heavy atom. The van der Waals surface area contributed by atoms with Crippen LogP contribution >= 0.6 is 11.6 Å². The summed E-state index contributed by atoms with van der Waals surface area (Å²) >= 11 is 5.80. The van der Waals surface area contributed by atoms with Crippen molar-refractivity contribution < 1.29 is 18.8 Å². The summed E-state index contributed by atoms with van der Waals surface area (Å²) < 4.78 is 13.9. The number of carbonyl (C=O) groups excluding carboxylic acids is 3. The van der Waals surface area contributed by atoms with E-state index in [1.807, 2.05) is 0 Å². The first-order chi connectivity index (χ1) is 16.9. The highest BCUT2D eigenvalue weighted by molar-refractivity contribution is 6.30. The van der Waals surface area contributed by atoms with Crippen LogP contribution in [0.2, 0.25) is 5.02 Å². The Bertz CT molecular complexity index is 1230. The zero-order valence-electron chi connectivity index (χ0n) is 18.7. The third-order valence-corrected chi connectivity index (χ3v) is 5.66. The minimum absolute atomic E-state index is 0.0686. The predicted octanol–water partition coefficient (Wildman–Crippen LogP) is 4.41. The molecule has 8 nitrogen and oxygen atoms in total. The molecule has 0 radical (unpaired) electrons. The highest BCUT2D eigenvalue weighted by Gasteiger charge is 2.17. The van der Waals surface area contributed by atoms with Gasteiger partial charge in [-0.3, -0.25) is 19.3 Å². The first-order valence-electron chi connectivity index (χ1n) is 11.0. The zero-order valence-corrected chi connectivity index (χ0v) is 19.4. The molecular formula is C25H23ClFN5O3. The van der Waals surface area contributed by atoms with Crippen molar-refractivity contribution in [1.82, 2.24) is 9.88 Å². The van der Waals surface area contributed by atoms with Gasteiger partial charge in [0, 0.05) is 17.4 Å². The second-order valence-electron chi connectivity index (χ2n) is 8.07. The molecule has 1 aliphatic heterocycles. The molecule has 0 bridgehead atoms. The van der Waals surface area contributed by atoms with Gasteiger partial charge in [-0.2, -0.15) is 0 Å². The highest BCUT2D eigenvalue weighted by Crippen LogP contribution is 2.21. The van der Waals surface area contributed by atoms with E-state index in [0.29, 0.717) is 22.8 Å². The average Bonchev–Trinajstić information content (AvgIpc) is 3.35. The lowest BCUT2D eigenvalue weighted by atomic mass is 10.1. The fourth-order valence-electron chi connectivity index (χ4n) is 3.69. The van der Waals surface area contributed by atoms with Crippen molar-refractivity contribution in [2.45, 2.75) is 12.8 Å². The predicted molar refractivity (Wildman–Crippen MR) is 132 cm³/mol. The lowest BCUT2D eigenvalue weighted by Crippen LogP contribution is -2.30. The minimum atomic E-state index is -0.648. The van der Waals surface area contributed by atoms with Gasteiger partial charge in [-0.05, 0) is 80.5 Å². The van der Waals surface area contributed by atoms with Gasteiger partial charge in [0.25, 0.3) is 11.8 Å². The Balaban J connectivity index is 1.41. The van der Waals surface area contributed by atoms with Crippen molar-refractivity contribution >= 4 is 46.5 Å². The number of hydrogen-bond donors (Lipinski definition) is 3. The van der Waals surface area contributed by atoms with Crippen molar-refractivity contribution in [2.75, 3.05) is 35.6 Å². The van der Waals surface area contributed by atoms with Crippen molar-refractivity contribution in [1.29, 1.82) is 0 Å². The summed E-state index contributed by atoms with van der Waals surface area (Å²) in [4.78, 5) is 43.8. The van der Waals surface area contributed by atoms with Crippen molar-refractivity contribution in [2.24, 2.45) is 0 Å². The first kappa shape index (κ1) is 24.3. The molecule has 0 saturated carbocycles. The smallest absolute Gasteiger partial charge is 0.259 e. The Hall–Kier alpha value is -3.82. The van der Waals surface area contributed by atoms with E-state index in [2.05, 4.69) is 25.8 Å². The third-order valence-electron chi connectivity index (χ3n) is 5.44. The number of likely N-dealkylation sites (tertiary alicyclic amines) is 1. The molecule has 2 aromatic carbocycles. The molecule has 1 saturated heterocycles. The summed E-state index contributed by atoms with van der Waals surface area (Å²) in [5, 5.41) is 8.41. The van der Waals surface area contributed by atoms with Crippen molar-refractivity contribution in [3.8, 4) is 0 Å². The maximum atomic E-state index is 13.9. The molecule has 1 aromatic heterocycles. The van der Waals surface area contributed by atoms with Crippen LogP contribution in [-0.2, 0) is 4.79 Å². The molecule has 3 aromatic rings. The number of rotatable bonds is 7. The second kappa shape index (κ2) is 11.1. The maximum absolute atomic E-state index is 13.9. The molecule has 180 valence electrons. The molecule has 35 heavy (non-hydrogen) atoms. The highest BCUT2D eigenvalue weighted by atomic mass is 35.5. The number of pyridine rings is 1. The number of aromatic nitrogens is 1. The SMILES string of the molecule is O=C(CN1CCCC1)Nc1ccc(C(=O)Nc2ccc(F)cc2C(=O)Nc2ccc(Cl)cn2)cc1.